The van der Waals surface area contributed by atoms with Gasteiger partial charge in [0.25, 0.3) is 0 Å². The Balaban J connectivity index is 2.39. The number of aryl methyl sites for hydroxylation is 1. The first-order valence-corrected chi connectivity index (χ1v) is 7.63. The van der Waals surface area contributed by atoms with Crippen LogP contribution in [0.2, 0.25) is 0 Å². The maximum atomic E-state index is 13.0. The molecule has 0 spiro atoms. The number of nitrogens with one attached hydrogen (secondary N) is 1. The summed E-state index contributed by atoms with van der Waals surface area (Å²) in [5.41, 5.74) is 0.315. The van der Waals surface area contributed by atoms with E-state index in [4.69, 9.17) is 0 Å². The first kappa shape index (κ1) is 16.0. The van der Waals surface area contributed by atoms with Crippen LogP contribution in [0.4, 0.5) is 13.2 Å². The fourth-order valence-electron chi connectivity index (χ4n) is 2.32. The summed E-state index contributed by atoms with van der Waals surface area (Å²) < 4.78 is 38.9. The Labute approximate surface area is 126 Å². The van der Waals surface area contributed by atoms with Crippen molar-refractivity contribution in [3.05, 3.63) is 46.3 Å². The lowest BCUT2D eigenvalue weighted by atomic mass is 10.0. The molecule has 1 heterocycles. The van der Waals surface area contributed by atoms with Crippen LogP contribution in [-0.4, -0.2) is 7.05 Å². The maximum absolute atomic E-state index is 13.0. The molecule has 0 amide bonds. The lowest BCUT2D eigenvalue weighted by Gasteiger charge is -2.12. The third-order valence-electron chi connectivity index (χ3n) is 3.55. The number of halogens is 3. The van der Waals surface area contributed by atoms with E-state index in [9.17, 15) is 13.2 Å². The summed E-state index contributed by atoms with van der Waals surface area (Å²) in [5, 5.41) is 3.21. The second-order valence-electron chi connectivity index (χ2n) is 4.98. The van der Waals surface area contributed by atoms with E-state index in [1.165, 1.54) is 30.4 Å². The highest BCUT2D eigenvalue weighted by molar-refractivity contribution is 7.15. The molecule has 0 aliphatic carbocycles. The maximum Gasteiger partial charge on any atom is 0.416 e. The number of rotatable bonds is 4. The van der Waals surface area contributed by atoms with Gasteiger partial charge in [0.15, 0.2) is 0 Å². The first-order chi connectivity index (χ1) is 9.86. The van der Waals surface area contributed by atoms with Gasteiger partial charge in [-0.2, -0.15) is 13.2 Å². The summed E-state index contributed by atoms with van der Waals surface area (Å²) in [6, 6.07) is 8.65. The summed E-state index contributed by atoms with van der Waals surface area (Å²) in [5.74, 6) is 0. The van der Waals surface area contributed by atoms with E-state index in [1.54, 1.807) is 6.07 Å². The Kier molecular flexibility index (Phi) is 4.74. The minimum absolute atomic E-state index is 0.247. The Morgan fingerprint density at radius 2 is 1.90 bits per heavy atom. The van der Waals surface area contributed by atoms with E-state index >= 15 is 0 Å². The predicted octanol–water partition coefficient (Wildman–Crippen LogP) is 5.41. The Hall–Kier alpha value is -1.33. The van der Waals surface area contributed by atoms with Gasteiger partial charge < -0.3 is 5.32 Å². The first-order valence-electron chi connectivity index (χ1n) is 6.82. The minimum atomic E-state index is -4.31. The highest BCUT2D eigenvalue weighted by atomic mass is 32.1. The molecule has 21 heavy (non-hydrogen) atoms. The minimum Gasteiger partial charge on any atom is -0.312 e. The normalized spacial score (nSPS) is 13.4. The lowest BCUT2D eigenvalue weighted by Crippen LogP contribution is -2.13. The van der Waals surface area contributed by atoms with E-state index < -0.39 is 11.7 Å². The molecule has 0 saturated carbocycles. The van der Waals surface area contributed by atoms with Gasteiger partial charge in [0.2, 0.25) is 0 Å². The van der Waals surface area contributed by atoms with Crippen molar-refractivity contribution < 1.29 is 13.2 Å². The van der Waals surface area contributed by atoms with E-state index in [1.807, 2.05) is 19.2 Å². The monoisotopic (exact) mass is 313 g/mol. The lowest BCUT2D eigenvalue weighted by molar-refractivity contribution is -0.138. The second-order valence-corrected chi connectivity index (χ2v) is 6.09. The fourth-order valence-corrected chi connectivity index (χ4v) is 3.52. The molecule has 1 atom stereocenters. The summed E-state index contributed by atoms with van der Waals surface area (Å²) >= 11 is 1.54. The average Bonchev–Trinajstić information content (AvgIpc) is 2.89. The van der Waals surface area contributed by atoms with Crippen LogP contribution in [0.5, 0.6) is 0 Å². The summed E-state index contributed by atoms with van der Waals surface area (Å²) in [6.45, 7) is 3.56. The van der Waals surface area contributed by atoms with Crippen molar-refractivity contribution >= 4 is 11.3 Å². The van der Waals surface area contributed by atoms with Crippen molar-refractivity contribution in [1.82, 2.24) is 5.32 Å². The molecule has 0 aliphatic heterocycles. The van der Waals surface area contributed by atoms with Crippen molar-refractivity contribution in [3.63, 3.8) is 0 Å². The number of hydrogen-bond acceptors (Lipinski definition) is 2. The van der Waals surface area contributed by atoms with E-state index in [2.05, 4.69) is 12.2 Å². The average molecular weight is 313 g/mol. The van der Waals surface area contributed by atoms with Crippen LogP contribution in [0.3, 0.4) is 0 Å². The molecule has 1 aromatic carbocycles. The second kappa shape index (κ2) is 6.20. The molecular formula is C16H18F3NS. The number of hydrogen-bond donors (Lipinski definition) is 1. The largest absolute Gasteiger partial charge is 0.416 e. The SMILES string of the molecule is CCC(NC)c1ccc(-c2ccc(C)c(C(F)(F)F)c2)s1. The topological polar surface area (TPSA) is 12.0 Å². The number of benzene rings is 1. The van der Waals surface area contributed by atoms with E-state index in [-0.39, 0.29) is 11.6 Å². The van der Waals surface area contributed by atoms with Crippen LogP contribution in [0.1, 0.15) is 35.4 Å². The van der Waals surface area contributed by atoms with Gasteiger partial charge in [0.05, 0.1) is 5.56 Å². The zero-order valence-corrected chi connectivity index (χ0v) is 13.0. The Morgan fingerprint density at radius 3 is 2.48 bits per heavy atom. The number of alkyl halides is 3. The van der Waals surface area contributed by atoms with Gasteiger partial charge in [-0.15, -0.1) is 11.3 Å². The van der Waals surface area contributed by atoms with Crippen molar-refractivity contribution in [2.45, 2.75) is 32.5 Å². The van der Waals surface area contributed by atoms with Crippen molar-refractivity contribution in [2.24, 2.45) is 0 Å². The molecule has 114 valence electrons. The molecule has 1 unspecified atom stereocenters. The molecule has 1 aromatic heterocycles. The van der Waals surface area contributed by atoms with Crippen molar-refractivity contribution in [1.29, 1.82) is 0 Å². The van der Waals surface area contributed by atoms with Crippen molar-refractivity contribution in [2.75, 3.05) is 7.05 Å². The molecule has 0 saturated heterocycles. The highest BCUT2D eigenvalue weighted by Gasteiger charge is 2.32. The predicted molar refractivity (Wildman–Crippen MR) is 81.6 cm³/mol. The van der Waals surface area contributed by atoms with Crippen LogP contribution >= 0.6 is 11.3 Å². The Morgan fingerprint density at radius 1 is 1.19 bits per heavy atom. The number of thiophene rings is 1. The van der Waals surface area contributed by atoms with Crippen LogP contribution in [0.15, 0.2) is 30.3 Å². The zero-order valence-electron chi connectivity index (χ0n) is 12.2. The zero-order chi connectivity index (χ0) is 15.6. The summed E-state index contributed by atoms with van der Waals surface area (Å²) in [7, 11) is 1.89. The Bertz CT molecular complexity index is 612. The van der Waals surface area contributed by atoms with Gasteiger partial charge >= 0.3 is 6.18 Å². The van der Waals surface area contributed by atoms with Gasteiger partial charge in [-0.25, -0.2) is 0 Å². The van der Waals surface area contributed by atoms with Gasteiger partial charge in [0.1, 0.15) is 0 Å². The fraction of sp³-hybridized carbons (Fsp3) is 0.375. The molecule has 0 aliphatic rings. The van der Waals surface area contributed by atoms with Gasteiger partial charge in [0, 0.05) is 15.8 Å². The molecule has 1 nitrogen and oxygen atoms in total. The van der Waals surface area contributed by atoms with Gasteiger partial charge in [-0.3, -0.25) is 0 Å². The molecule has 0 bridgehead atoms. The molecule has 2 aromatic rings. The van der Waals surface area contributed by atoms with E-state index in [0.29, 0.717) is 5.56 Å². The third kappa shape index (κ3) is 3.47. The summed E-state index contributed by atoms with van der Waals surface area (Å²) in [6.07, 6.45) is -3.37. The van der Waals surface area contributed by atoms with E-state index in [0.717, 1.165) is 16.2 Å². The standard InChI is InChI=1S/C16H18F3NS/c1-4-13(20-3)15-8-7-14(21-15)11-6-5-10(2)12(9-11)16(17,18)19/h5-9,13,20H,4H2,1-3H3. The van der Waals surface area contributed by atoms with Crippen LogP contribution < -0.4 is 5.32 Å². The molecule has 2 rings (SSSR count). The molecule has 0 radical (unpaired) electrons. The van der Waals surface area contributed by atoms with Crippen LogP contribution in [0.25, 0.3) is 10.4 Å². The molecule has 0 fully saturated rings. The summed E-state index contributed by atoms with van der Waals surface area (Å²) in [4.78, 5) is 2.01. The highest BCUT2D eigenvalue weighted by Crippen LogP contribution is 2.37. The molecule has 1 N–H and O–H groups in total. The van der Waals surface area contributed by atoms with Gasteiger partial charge in [-0.05, 0) is 49.7 Å². The third-order valence-corrected chi connectivity index (χ3v) is 4.80. The van der Waals surface area contributed by atoms with Gasteiger partial charge in [-0.1, -0.05) is 19.1 Å². The smallest absolute Gasteiger partial charge is 0.312 e. The van der Waals surface area contributed by atoms with Crippen LogP contribution in [-0.2, 0) is 6.18 Å². The molecular weight excluding hydrogens is 295 g/mol. The quantitative estimate of drug-likeness (QED) is 0.795. The van der Waals surface area contributed by atoms with Crippen molar-refractivity contribution in [3.8, 4) is 10.4 Å². The molecule has 5 heteroatoms. The van der Waals surface area contributed by atoms with Crippen LogP contribution in [0, 0.1) is 6.92 Å².